The zero-order chi connectivity index (χ0) is 21.6. The molecule has 0 bridgehead atoms. The quantitative estimate of drug-likeness (QED) is 0.492. The van der Waals surface area contributed by atoms with Crippen molar-refractivity contribution in [2.24, 2.45) is 5.10 Å². The molecule has 1 saturated heterocycles. The molecule has 2 aromatic rings. The minimum Gasteiger partial charge on any atom is -0.368 e. The Morgan fingerprint density at radius 3 is 2.00 bits per heavy atom. The normalized spacial score (nSPS) is 16.2. The predicted octanol–water partition coefficient (Wildman–Crippen LogP) is 4.53. The third kappa shape index (κ3) is 4.69. The van der Waals surface area contributed by atoms with Gasteiger partial charge in [0.05, 0.1) is 0 Å². The molecule has 0 radical (unpaired) electrons. The topological polar surface area (TPSA) is 25.3 Å². The summed E-state index contributed by atoms with van der Waals surface area (Å²) in [5, 5.41) is 6.37. The van der Waals surface area contributed by atoms with Crippen LogP contribution in [0.25, 0.3) is 0 Å². The largest absolute Gasteiger partial charge is 0.368 e. The molecule has 0 N–H and O–H groups in total. The number of unbranched alkanes of at least 4 members (excludes halogenated alkanes) is 1. The molecule has 31 heavy (non-hydrogen) atoms. The summed E-state index contributed by atoms with van der Waals surface area (Å²) in [7, 11) is 0. The van der Waals surface area contributed by atoms with Crippen LogP contribution < -0.4 is 14.7 Å². The van der Waals surface area contributed by atoms with Crippen molar-refractivity contribution in [1.29, 1.82) is 0 Å². The number of nitrogens with zero attached hydrogens (tertiary/aromatic N) is 5. The van der Waals surface area contributed by atoms with Crippen LogP contribution in [0.5, 0.6) is 0 Å². The fourth-order valence-electron chi connectivity index (χ4n) is 4.09. The molecule has 5 nitrogen and oxygen atoms in total. The summed E-state index contributed by atoms with van der Waals surface area (Å²) in [5.41, 5.74) is 5.05. The molecule has 0 atom stereocenters. The van der Waals surface area contributed by atoms with Gasteiger partial charge in [0, 0.05) is 56.2 Å². The number of hydrogen-bond donors (Lipinski definition) is 0. The first kappa shape index (κ1) is 20.9. The number of aryl methyl sites for hydroxylation is 1. The lowest BCUT2D eigenvalue weighted by atomic mass is 10.1. The minimum absolute atomic E-state index is 0.755. The molecule has 4 rings (SSSR count). The Bertz CT molecular complexity index is 947. The van der Waals surface area contributed by atoms with Crippen LogP contribution in [-0.4, -0.2) is 44.1 Å². The Morgan fingerprint density at radius 2 is 1.45 bits per heavy atom. The van der Waals surface area contributed by atoms with Crippen LogP contribution in [-0.2, 0) is 6.42 Å². The summed E-state index contributed by atoms with van der Waals surface area (Å²) in [4.78, 5) is 6.96. The van der Waals surface area contributed by atoms with Gasteiger partial charge in [0.2, 0.25) is 0 Å². The molecule has 5 heteroatoms. The maximum absolute atomic E-state index is 5.34. The molecule has 0 amide bonds. The highest BCUT2D eigenvalue weighted by atomic mass is 15.6. The summed E-state index contributed by atoms with van der Waals surface area (Å²) in [6.45, 7) is 11.3. The standard InChI is InChI=1S/C26H31N5/c1-4-6-7-16-31-22(3)30(21-27-31)26-14-12-25(13-15-26)29-19-17-28(18-20-29)24-10-8-23(5-2)9-11-24/h1,8-15,21H,3,5-7,16-20H2,2H3. The Hall–Kier alpha value is -3.39. The van der Waals surface area contributed by atoms with Crippen LogP contribution in [0.4, 0.5) is 17.1 Å². The maximum Gasteiger partial charge on any atom is 0.127 e. The second-order valence-electron chi connectivity index (χ2n) is 7.96. The maximum atomic E-state index is 5.34. The van der Waals surface area contributed by atoms with E-state index in [1.54, 1.807) is 0 Å². The summed E-state index contributed by atoms with van der Waals surface area (Å²) in [6, 6.07) is 17.7. The predicted molar refractivity (Wildman–Crippen MR) is 132 cm³/mol. The van der Waals surface area contributed by atoms with E-state index in [0.29, 0.717) is 0 Å². The van der Waals surface area contributed by atoms with Gasteiger partial charge in [-0.3, -0.25) is 4.90 Å². The Labute approximate surface area is 186 Å². The lowest BCUT2D eigenvalue weighted by molar-refractivity contribution is 0.376. The highest BCUT2D eigenvalue weighted by Gasteiger charge is 2.21. The van der Waals surface area contributed by atoms with Gasteiger partial charge in [-0.05, 0) is 54.8 Å². The smallest absolute Gasteiger partial charge is 0.127 e. The fourth-order valence-corrected chi connectivity index (χ4v) is 4.09. The lowest BCUT2D eigenvalue weighted by Gasteiger charge is -2.37. The molecule has 2 aliphatic heterocycles. The van der Waals surface area contributed by atoms with Gasteiger partial charge in [-0.15, -0.1) is 12.3 Å². The molecule has 0 unspecified atom stereocenters. The first-order valence-corrected chi connectivity index (χ1v) is 11.1. The van der Waals surface area contributed by atoms with Crippen LogP contribution in [0.2, 0.25) is 0 Å². The van der Waals surface area contributed by atoms with Gasteiger partial charge in [0.1, 0.15) is 12.2 Å². The zero-order valence-corrected chi connectivity index (χ0v) is 18.4. The van der Waals surface area contributed by atoms with Crippen molar-refractivity contribution in [3.63, 3.8) is 0 Å². The molecule has 0 aliphatic carbocycles. The monoisotopic (exact) mass is 413 g/mol. The minimum atomic E-state index is 0.755. The first-order chi connectivity index (χ1) is 15.2. The molecule has 0 aromatic heterocycles. The SMILES string of the molecule is C#CCCCN1N=CN(c2ccc(N3CCN(c4ccc(CC)cc4)CC3)cc2)C1=C. The molecule has 0 saturated carbocycles. The molecule has 0 spiro atoms. The summed E-state index contributed by atoms with van der Waals surface area (Å²) in [5.74, 6) is 3.54. The van der Waals surface area contributed by atoms with E-state index in [4.69, 9.17) is 6.42 Å². The number of hydrogen-bond acceptors (Lipinski definition) is 5. The summed E-state index contributed by atoms with van der Waals surface area (Å²) in [6.07, 6.45) is 9.93. The number of benzene rings is 2. The second-order valence-corrected chi connectivity index (χ2v) is 7.96. The van der Waals surface area contributed by atoms with E-state index in [1.807, 2.05) is 16.2 Å². The Kier molecular flexibility index (Phi) is 6.47. The van der Waals surface area contributed by atoms with Gasteiger partial charge in [-0.25, -0.2) is 5.01 Å². The van der Waals surface area contributed by atoms with Crippen molar-refractivity contribution >= 4 is 23.4 Å². The van der Waals surface area contributed by atoms with Crippen molar-refractivity contribution in [2.75, 3.05) is 47.4 Å². The second kappa shape index (κ2) is 9.61. The number of terminal acetylenes is 1. The lowest BCUT2D eigenvalue weighted by Crippen LogP contribution is -2.46. The van der Waals surface area contributed by atoms with Gasteiger partial charge in [-0.1, -0.05) is 25.6 Å². The zero-order valence-electron chi connectivity index (χ0n) is 18.4. The Morgan fingerprint density at radius 1 is 0.903 bits per heavy atom. The van der Waals surface area contributed by atoms with Crippen molar-refractivity contribution in [1.82, 2.24) is 5.01 Å². The van der Waals surface area contributed by atoms with Crippen LogP contribution in [0.3, 0.4) is 0 Å². The number of piperazine rings is 1. The van der Waals surface area contributed by atoms with Gasteiger partial charge in [-0.2, -0.15) is 5.10 Å². The van der Waals surface area contributed by atoms with E-state index in [9.17, 15) is 0 Å². The van der Waals surface area contributed by atoms with Crippen LogP contribution in [0.15, 0.2) is 66.0 Å². The molecule has 2 aliphatic rings. The van der Waals surface area contributed by atoms with Crippen molar-refractivity contribution in [2.45, 2.75) is 26.2 Å². The highest BCUT2D eigenvalue weighted by Crippen LogP contribution is 2.27. The van der Waals surface area contributed by atoms with Crippen LogP contribution >= 0.6 is 0 Å². The van der Waals surface area contributed by atoms with E-state index < -0.39 is 0 Å². The molecule has 2 heterocycles. The molecule has 2 aromatic carbocycles. The van der Waals surface area contributed by atoms with Crippen molar-refractivity contribution in [3.8, 4) is 12.3 Å². The number of rotatable bonds is 7. The van der Waals surface area contributed by atoms with E-state index >= 15 is 0 Å². The van der Waals surface area contributed by atoms with E-state index in [0.717, 1.165) is 63.5 Å². The van der Waals surface area contributed by atoms with E-state index in [-0.39, 0.29) is 0 Å². The van der Waals surface area contributed by atoms with Gasteiger partial charge < -0.3 is 9.80 Å². The Balaban J connectivity index is 1.32. The molecule has 1 fully saturated rings. The fraction of sp³-hybridized carbons (Fsp3) is 0.346. The van der Waals surface area contributed by atoms with Gasteiger partial charge in [0.15, 0.2) is 0 Å². The summed E-state index contributed by atoms with van der Waals surface area (Å²) < 4.78 is 0. The van der Waals surface area contributed by atoms with Crippen molar-refractivity contribution in [3.05, 3.63) is 66.5 Å². The summed E-state index contributed by atoms with van der Waals surface area (Å²) >= 11 is 0. The molecular weight excluding hydrogens is 382 g/mol. The van der Waals surface area contributed by atoms with Gasteiger partial charge >= 0.3 is 0 Å². The van der Waals surface area contributed by atoms with E-state index in [2.05, 4.69) is 82.9 Å². The number of hydrazone groups is 1. The third-order valence-electron chi connectivity index (χ3n) is 6.06. The first-order valence-electron chi connectivity index (χ1n) is 11.1. The highest BCUT2D eigenvalue weighted by molar-refractivity contribution is 5.85. The van der Waals surface area contributed by atoms with Crippen molar-refractivity contribution < 1.29 is 0 Å². The number of anilines is 3. The molecule has 160 valence electrons. The average molecular weight is 414 g/mol. The van der Waals surface area contributed by atoms with Crippen LogP contribution in [0, 0.1) is 12.3 Å². The third-order valence-corrected chi connectivity index (χ3v) is 6.06. The van der Waals surface area contributed by atoms with Crippen LogP contribution in [0.1, 0.15) is 25.3 Å². The molecular formula is C26H31N5. The average Bonchev–Trinajstić information content (AvgIpc) is 3.20. The van der Waals surface area contributed by atoms with Gasteiger partial charge in [0.25, 0.3) is 0 Å². The van der Waals surface area contributed by atoms with E-state index in [1.165, 1.54) is 16.9 Å².